The maximum Gasteiger partial charge on any atom is 0.311 e. The molecule has 0 bridgehead atoms. The van der Waals surface area contributed by atoms with E-state index in [0.29, 0.717) is 45.0 Å². The lowest BCUT2D eigenvalue weighted by atomic mass is 9.84. The normalized spacial score (nSPS) is 18.6. The monoisotopic (exact) mass is 608 g/mol. The first-order valence-electron chi connectivity index (χ1n) is 15.8. The minimum absolute atomic E-state index is 0.0200. The Kier molecular flexibility index (Phi) is 8.82. The maximum absolute atomic E-state index is 14.2. The van der Waals surface area contributed by atoms with E-state index in [9.17, 15) is 14.4 Å². The van der Waals surface area contributed by atoms with Crippen LogP contribution in [0.15, 0.2) is 60.9 Å². The second kappa shape index (κ2) is 13.1. The van der Waals surface area contributed by atoms with Crippen LogP contribution in [0, 0.1) is 12.8 Å². The number of fused-ring (bicyclic) bond motifs is 1. The largest absolute Gasteiger partial charge is 0.466 e. The number of ether oxygens (including phenoxy) is 1. The molecular formula is C35H40N6O4. The molecule has 2 fully saturated rings. The highest BCUT2D eigenvalue weighted by molar-refractivity contribution is 6.13. The van der Waals surface area contributed by atoms with E-state index in [1.54, 1.807) is 13.1 Å². The Bertz CT molecular complexity index is 1690. The standard InChI is InChI=1S/C35H40N6O4/c1-4-45-35(44)25-12-8-9-13-27(25)38-33(42)28-21-37-30(22-36-28)40-16-18-41(19-17-40)34(43)31-26-20-23(2)14-15-29(26)39(3)32(31)24-10-6-5-7-11-24/h5-7,10-11,14-15,20-22,25,27H,4,8-9,12-13,16-19H2,1-3H3,(H,38,42). The van der Waals surface area contributed by atoms with Gasteiger partial charge in [-0.3, -0.25) is 14.4 Å². The summed E-state index contributed by atoms with van der Waals surface area (Å²) in [4.78, 5) is 52.5. The molecule has 1 saturated heterocycles. The average molecular weight is 609 g/mol. The van der Waals surface area contributed by atoms with E-state index in [-0.39, 0.29) is 35.4 Å². The van der Waals surface area contributed by atoms with E-state index >= 15 is 0 Å². The zero-order valence-electron chi connectivity index (χ0n) is 26.2. The van der Waals surface area contributed by atoms with E-state index < -0.39 is 0 Å². The van der Waals surface area contributed by atoms with Crippen molar-refractivity contribution in [2.45, 2.75) is 45.6 Å². The number of aryl methyl sites for hydroxylation is 2. The van der Waals surface area contributed by atoms with Gasteiger partial charge in [-0.25, -0.2) is 9.97 Å². The van der Waals surface area contributed by atoms with E-state index in [2.05, 4.69) is 43.0 Å². The molecule has 6 rings (SSSR count). The molecule has 2 aromatic heterocycles. The topological polar surface area (TPSA) is 110 Å². The van der Waals surface area contributed by atoms with Crippen molar-refractivity contribution in [2.75, 3.05) is 37.7 Å². The SMILES string of the molecule is CCOC(=O)C1CCCCC1NC(=O)c1cnc(N2CCN(C(=O)c3c(-c4ccccc4)n(C)c4ccc(C)cc34)CC2)cn1. The highest BCUT2D eigenvalue weighted by Gasteiger charge is 2.34. The highest BCUT2D eigenvalue weighted by Crippen LogP contribution is 2.35. The molecule has 2 aromatic carbocycles. The van der Waals surface area contributed by atoms with Gasteiger partial charge in [-0.15, -0.1) is 0 Å². The van der Waals surface area contributed by atoms with Gasteiger partial charge in [0, 0.05) is 50.2 Å². The van der Waals surface area contributed by atoms with E-state index in [1.165, 1.54) is 6.20 Å². The third-order valence-electron chi connectivity index (χ3n) is 9.05. The molecule has 2 aliphatic rings. The van der Waals surface area contributed by atoms with Crippen molar-refractivity contribution >= 4 is 34.5 Å². The molecule has 1 aliphatic carbocycles. The van der Waals surface area contributed by atoms with Crippen molar-refractivity contribution in [3.8, 4) is 11.3 Å². The molecule has 0 spiro atoms. The third kappa shape index (κ3) is 6.14. The number of anilines is 1. The first-order valence-corrected chi connectivity index (χ1v) is 15.8. The van der Waals surface area contributed by atoms with Gasteiger partial charge in [-0.2, -0.15) is 0 Å². The van der Waals surface area contributed by atoms with E-state index in [4.69, 9.17) is 4.74 Å². The second-order valence-electron chi connectivity index (χ2n) is 11.9. The predicted molar refractivity (Wildman–Crippen MR) is 173 cm³/mol. The van der Waals surface area contributed by atoms with E-state index in [1.807, 2.05) is 49.2 Å². The summed E-state index contributed by atoms with van der Waals surface area (Å²) in [7, 11) is 2.02. The number of rotatable bonds is 7. The minimum Gasteiger partial charge on any atom is -0.466 e. The van der Waals surface area contributed by atoms with Crippen LogP contribution in [0.1, 0.15) is 59.0 Å². The molecule has 234 valence electrons. The first kappa shape index (κ1) is 30.3. The Hall–Kier alpha value is -4.73. The van der Waals surface area contributed by atoms with Crippen LogP contribution in [0.5, 0.6) is 0 Å². The number of amides is 2. The van der Waals surface area contributed by atoms with Gasteiger partial charge in [0.1, 0.15) is 11.5 Å². The zero-order chi connectivity index (χ0) is 31.5. The molecule has 10 nitrogen and oxygen atoms in total. The highest BCUT2D eigenvalue weighted by atomic mass is 16.5. The fraction of sp³-hybridized carbons (Fsp3) is 0.400. The average Bonchev–Trinajstić information content (AvgIpc) is 3.36. The Morgan fingerprint density at radius 1 is 0.956 bits per heavy atom. The van der Waals surface area contributed by atoms with Gasteiger partial charge in [0.15, 0.2) is 0 Å². The molecule has 10 heteroatoms. The number of nitrogens with one attached hydrogen (secondary N) is 1. The first-order chi connectivity index (χ1) is 21.9. The Balaban J connectivity index is 1.13. The summed E-state index contributed by atoms with van der Waals surface area (Å²) in [5.74, 6) is -0.257. The molecular weight excluding hydrogens is 568 g/mol. The van der Waals surface area contributed by atoms with Crippen molar-refractivity contribution in [1.29, 1.82) is 0 Å². The number of aromatic nitrogens is 3. The van der Waals surface area contributed by atoms with Crippen LogP contribution < -0.4 is 10.2 Å². The van der Waals surface area contributed by atoms with Gasteiger partial charge in [-0.1, -0.05) is 54.8 Å². The molecule has 2 amide bonds. The summed E-state index contributed by atoms with van der Waals surface area (Å²) < 4.78 is 7.35. The Labute approximate surface area is 263 Å². The molecule has 1 saturated carbocycles. The van der Waals surface area contributed by atoms with Gasteiger partial charge >= 0.3 is 5.97 Å². The molecule has 0 radical (unpaired) electrons. The van der Waals surface area contributed by atoms with Crippen LogP contribution in [-0.4, -0.2) is 76.0 Å². The summed E-state index contributed by atoms with van der Waals surface area (Å²) in [6.45, 7) is 6.43. The summed E-state index contributed by atoms with van der Waals surface area (Å²) in [6, 6.07) is 16.1. The fourth-order valence-corrected chi connectivity index (χ4v) is 6.68. The smallest absolute Gasteiger partial charge is 0.311 e. The number of carbonyl (C=O) groups excluding carboxylic acids is 3. The molecule has 4 aromatic rings. The number of carbonyl (C=O) groups is 3. The third-order valence-corrected chi connectivity index (χ3v) is 9.05. The number of piperazine rings is 1. The van der Waals surface area contributed by atoms with Gasteiger partial charge in [-0.05, 0) is 44.4 Å². The van der Waals surface area contributed by atoms with Crippen LogP contribution in [0.2, 0.25) is 0 Å². The van der Waals surface area contributed by atoms with Crippen LogP contribution in [0.4, 0.5) is 5.82 Å². The summed E-state index contributed by atoms with van der Waals surface area (Å²) in [5.41, 5.74) is 5.01. The summed E-state index contributed by atoms with van der Waals surface area (Å²) in [6.07, 6.45) is 6.42. The van der Waals surface area contributed by atoms with E-state index in [0.717, 1.165) is 52.5 Å². The number of nitrogens with zero attached hydrogens (tertiary/aromatic N) is 5. The maximum atomic E-state index is 14.2. The molecule has 45 heavy (non-hydrogen) atoms. The number of hydrogen-bond acceptors (Lipinski definition) is 7. The fourth-order valence-electron chi connectivity index (χ4n) is 6.68. The van der Waals surface area contributed by atoms with Crippen LogP contribution in [0.3, 0.4) is 0 Å². The summed E-state index contributed by atoms with van der Waals surface area (Å²) >= 11 is 0. The lowest BCUT2D eigenvalue weighted by Gasteiger charge is -2.35. The van der Waals surface area contributed by atoms with Crippen LogP contribution in [-0.2, 0) is 16.6 Å². The van der Waals surface area contributed by atoms with Crippen molar-refractivity contribution in [1.82, 2.24) is 24.8 Å². The summed E-state index contributed by atoms with van der Waals surface area (Å²) in [5, 5.41) is 3.95. The Morgan fingerprint density at radius 2 is 1.71 bits per heavy atom. The predicted octanol–water partition coefficient (Wildman–Crippen LogP) is 4.76. The molecule has 1 aliphatic heterocycles. The van der Waals surface area contributed by atoms with Gasteiger partial charge in [0.2, 0.25) is 0 Å². The van der Waals surface area contributed by atoms with Crippen LogP contribution >= 0.6 is 0 Å². The molecule has 2 unspecified atom stereocenters. The van der Waals surface area contributed by atoms with Crippen LogP contribution in [0.25, 0.3) is 22.2 Å². The lowest BCUT2D eigenvalue weighted by molar-refractivity contribution is -0.150. The molecule has 2 atom stereocenters. The lowest BCUT2D eigenvalue weighted by Crippen LogP contribution is -2.49. The second-order valence-corrected chi connectivity index (χ2v) is 11.9. The molecule has 1 N–H and O–H groups in total. The van der Waals surface area contributed by atoms with Crippen molar-refractivity contribution in [3.63, 3.8) is 0 Å². The van der Waals surface area contributed by atoms with Gasteiger partial charge in [0.25, 0.3) is 11.8 Å². The zero-order valence-corrected chi connectivity index (χ0v) is 26.2. The molecule has 3 heterocycles. The minimum atomic E-state index is -0.342. The number of benzene rings is 2. The Morgan fingerprint density at radius 3 is 2.42 bits per heavy atom. The van der Waals surface area contributed by atoms with Crippen molar-refractivity contribution in [3.05, 3.63) is 77.7 Å². The quantitative estimate of drug-likeness (QED) is 0.302. The van der Waals surface area contributed by atoms with Crippen molar-refractivity contribution in [2.24, 2.45) is 13.0 Å². The van der Waals surface area contributed by atoms with Crippen molar-refractivity contribution < 1.29 is 19.1 Å². The number of esters is 1. The van der Waals surface area contributed by atoms with Gasteiger partial charge < -0.3 is 24.4 Å². The van der Waals surface area contributed by atoms with Gasteiger partial charge in [0.05, 0.1) is 36.2 Å². The number of hydrogen-bond donors (Lipinski definition) is 1.